The van der Waals surface area contributed by atoms with E-state index >= 15 is 0 Å². The molecule has 1 unspecified atom stereocenters. The molecule has 0 aromatic carbocycles. The molecule has 0 bridgehead atoms. The molecule has 2 rings (SSSR count). The first-order chi connectivity index (χ1) is 8.64. The van der Waals surface area contributed by atoms with Crippen LogP contribution in [-0.2, 0) is 14.9 Å². The molecule has 0 amide bonds. The van der Waals surface area contributed by atoms with Crippen LogP contribution < -0.4 is 5.32 Å². The summed E-state index contributed by atoms with van der Waals surface area (Å²) in [6.45, 7) is 6.13. The molecule has 0 spiro atoms. The van der Waals surface area contributed by atoms with Crippen LogP contribution in [0.5, 0.6) is 0 Å². The van der Waals surface area contributed by atoms with Crippen LogP contribution >= 0.6 is 0 Å². The Bertz CT molecular complexity index is 353. The molecule has 2 saturated heterocycles. The number of hydrogen-bond acceptors (Lipinski definition) is 4. The van der Waals surface area contributed by atoms with Crippen molar-refractivity contribution in [3.8, 4) is 0 Å². The third-order valence-electron chi connectivity index (χ3n) is 3.50. The number of ether oxygens (including phenoxy) is 1. The van der Waals surface area contributed by atoms with Gasteiger partial charge in [0.25, 0.3) is 10.2 Å². The lowest BCUT2D eigenvalue weighted by molar-refractivity contribution is 0.0694. The predicted octanol–water partition coefficient (Wildman–Crippen LogP) is -0.363. The van der Waals surface area contributed by atoms with E-state index < -0.39 is 10.2 Å². The van der Waals surface area contributed by atoms with E-state index in [1.807, 2.05) is 0 Å². The van der Waals surface area contributed by atoms with Crippen molar-refractivity contribution in [2.75, 3.05) is 45.9 Å². The molecule has 6 nitrogen and oxygen atoms in total. The second-order valence-electron chi connectivity index (χ2n) is 4.77. The number of rotatable bonds is 4. The van der Waals surface area contributed by atoms with Crippen LogP contribution in [0.15, 0.2) is 0 Å². The normalized spacial score (nSPS) is 28.4. The molecular formula is C11H23N3O3S. The number of likely N-dealkylation sites (N-methyl/N-ethyl adjacent to an activating group) is 1. The lowest BCUT2D eigenvalue weighted by Crippen LogP contribution is -2.54. The summed E-state index contributed by atoms with van der Waals surface area (Å²) >= 11 is 0. The minimum atomic E-state index is -3.29. The molecule has 2 aliphatic rings. The SMILES string of the molecule is CCNC1CCCN(S(=O)(=O)N2CCOCC2)C1. The van der Waals surface area contributed by atoms with Crippen LogP contribution in [0.25, 0.3) is 0 Å². The molecule has 106 valence electrons. The Morgan fingerprint density at radius 1 is 1.22 bits per heavy atom. The van der Waals surface area contributed by atoms with Gasteiger partial charge in [0.2, 0.25) is 0 Å². The highest BCUT2D eigenvalue weighted by molar-refractivity contribution is 7.86. The van der Waals surface area contributed by atoms with E-state index in [2.05, 4.69) is 12.2 Å². The van der Waals surface area contributed by atoms with E-state index in [0.29, 0.717) is 45.4 Å². The van der Waals surface area contributed by atoms with E-state index in [1.165, 1.54) is 0 Å². The summed E-state index contributed by atoms with van der Waals surface area (Å²) in [6, 6.07) is 0.291. The zero-order valence-electron chi connectivity index (χ0n) is 11.0. The average Bonchev–Trinajstić information content (AvgIpc) is 2.40. The molecule has 0 aromatic rings. The van der Waals surface area contributed by atoms with Crippen molar-refractivity contribution in [3.05, 3.63) is 0 Å². The van der Waals surface area contributed by atoms with E-state index in [4.69, 9.17) is 4.74 Å². The highest BCUT2D eigenvalue weighted by Gasteiger charge is 2.34. The van der Waals surface area contributed by atoms with Gasteiger partial charge in [-0.1, -0.05) is 6.92 Å². The molecule has 18 heavy (non-hydrogen) atoms. The third kappa shape index (κ3) is 3.21. The molecule has 2 aliphatic heterocycles. The molecule has 0 aromatic heterocycles. The minimum Gasteiger partial charge on any atom is -0.379 e. The van der Waals surface area contributed by atoms with Crippen LogP contribution in [0.3, 0.4) is 0 Å². The summed E-state index contributed by atoms with van der Waals surface area (Å²) in [4.78, 5) is 0. The second kappa shape index (κ2) is 6.29. The zero-order chi connectivity index (χ0) is 13.0. The summed E-state index contributed by atoms with van der Waals surface area (Å²) in [6.07, 6.45) is 1.99. The lowest BCUT2D eigenvalue weighted by atomic mass is 10.1. The Labute approximate surface area is 109 Å². The van der Waals surface area contributed by atoms with E-state index in [-0.39, 0.29) is 0 Å². The fourth-order valence-corrected chi connectivity index (χ4v) is 4.21. The van der Waals surface area contributed by atoms with Gasteiger partial charge in [0, 0.05) is 32.2 Å². The number of nitrogens with one attached hydrogen (secondary N) is 1. The first kappa shape index (κ1) is 14.2. The number of hydrogen-bond donors (Lipinski definition) is 1. The van der Waals surface area contributed by atoms with Gasteiger partial charge in [-0.3, -0.25) is 0 Å². The lowest BCUT2D eigenvalue weighted by Gasteiger charge is -2.36. The molecule has 7 heteroatoms. The fraction of sp³-hybridized carbons (Fsp3) is 1.00. The smallest absolute Gasteiger partial charge is 0.282 e. The van der Waals surface area contributed by atoms with Gasteiger partial charge in [0.05, 0.1) is 13.2 Å². The quantitative estimate of drug-likeness (QED) is 0.762. The van der Waals surface area contributed by atoms with Crippen LogP contribution in [0, 0.1) is 0 Å². The predicted molar refractivity (Wildman–Crippen MR) is 69.6 cm³/mol. The van der Waals surface area contributed by atoms with Crippen LogP contribution in [0.4, 0.5) is 0 Å². The largest absolute Gasteiger partial charge is 0.379 e. The summed E-state index contributed by atoms with van der Waals surface area (Å²) in [7, 11) is -3.29. The van der Waals surface area contributed by atoms with Gasteiger partial charge in [0.1, 0.15) is 0 Å². The molecule has 2 heterocycles. The van der Waals surface area contributed by atoms with Crippen molar-refractivity contribution >= 4 is 10.2 Å². The molecule has 2 fully saturated rings. The highest BCUT2D eigenvalue weighted by Crippen LogP contribution is 2.17. The molecule has 0 radical (unpaired) electrons. The Morgan fingerprint density at radius 2 is 1.94 bits per heavy atom. The molecule has 0 saturated carbocycles. The minimum absolute atomic E-state index is 0.291. The maximum atomic E-state index is 12.5. The van der Waals surface area contributed by atoms with Crippen molar-refractivity contribution in [2.24, 2.45) is 0 Å². The Hall–Kier alpha value is -0.210. The number of piperidine rings is 1. The zero-order valence-corrected chi connectivity index (χ0v) is 11.8. The van der Waals surface area contributed by atoms with Crippen molar-refractivity contribution < 1.29 is 13.2 Å². The van der Waals surface area contributed by atoms with Crippen LogP contribution in [-0.4, -0.2) is 69.0 Å². The highest BCUT2D eigenvalue weighted by atomic mass is 32.2. The summed E-state index contributed by atoms with van der Waals surface area (Å²) < 4.78 is 33.3. The van der Waals surface area contributed by atoms with Crippen molar-refractivity contribution in [1.29, 1.82) is 0 Å². The van der Waals surface area contributed by atoms with E-state index in [9.17, 15) is 8.42 Å². The Morgan fingerprint density at radius 3 is 2.61 bits per heavy atom. The number of morpholine rings is 1. The van der Waals surface area contributed by atoms with Gasteiger partial charge in [-0.15, -0.1) is 0 Å². The molecule has 0 aliphatic carbocycles. The Kier molecular flexibility index (Phi) is 4.97. The van der Waals surface area contributed by atoms with Gasteiger partial charge in [-0.05, 0) is 19.4 Å². The van der Waals surface area contributed by atoms with Gasteiger partial charge in [0.15, 0.2) is 0 Å². The van der Waals surface area contributed by atoms with Gasteiger partial charge in [-0.25, -0.2) is 0 Å². The summed E-state index contributed by atoms with van der Waals surface area (Å²) in [5.41, 5.74) is 0. The molecular weight excluding hydrogens is 254 g/mol. The van der Waals surface area contributed by atoms with Crippen LogP contribution in [0.1, 0.15) is 19.8 Å². The first-order valence-electron chi connectivity index (χ1n) is 6.71. The Balaban J connectivity index is 1.99. The van der Waals surface area contributed by atoms with Crippen molar-refractivity contribution in [1.82, 2.24) is 13.9 Å². The van der Waals surface area contributed by atoms with Gasteiger partial charge < -0.3 is 10.1 Å². The summed E-state index contributed by atoms with van der Waals surface area (Å²) in [5, 5.41) is 3.34. The maximum absolute atomic E-state index is 12.5. The second-order valence-corrected chi connectivity index (χ2v) is 6.70. The monoisotopic (exact) mass is 277 g/mol. The topological polar surface area (TPSA) is 61.9 Å². The number of nitrogens with zero attached hydrogens (tertiary/aromatic N) is 2. The molecule has 1 atom stereocenters. The van der Waals surface area contributed by atoms with Crippen molar-refractivity contribution in [3.63, 3.8) is 0 Å². The maximum Gasteiger partial charge on any atom is 0.282 e. The average molecular weight is 277 g/mol. The fourth-order valence-electron chi connectivity index (χ4n) is 2.55. The van der Waals surface area contributed by atoms with E-state index in [1.54, 1.807) is 8.61 Å². The molecule has 1 N–H and O–H groups in total. The van der Waals surface area contributed by atoms with Gasteiger partial charge >= 0.3 is 0 Å². The van der Waals surface area contributed by atoms with Crippen LogP contribution in [0.2, 0.25) is 0 Å². The summed E-state index contributed by atoms with van der Waals surface area (Å²) in [5.74, 6) is 0. The third-order valence-corrected chi connectivity index (χ3v) is 5.50. The standard InChI is InChI=1S/C11H23N3O3S/c1-2-12-11-4-3-5-14(10-11)18(15,16)13-6-8-17-9-7-13/h11-12H,2-10H2,1H3. The van der Waals surface area contributed by atoms with E-state index in [0.717, 1.165) is 19.4 Å². The first-order valence-corrected chi connectivity index (χ1v) is 8.10. The van der Waals surface area contributed by atoms with Crippen molar-refractivity contribution in [2.45, 2.75) is 25.8 Å². The van der Waals surface area contributed by atoms with Gasteiger partial charge in [-0.2, -0.15) is 17.0 Å².